The van der Waals surface area contributed by atoms with Crippen LogP contribution >= 0.6 is 15.9 Å². The number of carbonyl (C=O) groups excluding carboxylic acids is 1. The molecule has 2 rings (SSSR count). The van der Waals surface area contributed by atoms with Gasteiger partial charge in [-0.25, -0.2) is 9.18 Å². The summed E-state index contributed by atoms with van der Waals surface area (Å²) >= 11 is 3.11. The van der Waals surface area contributed by atoms with Crippen molar-refractivity contribution >= 4 is 27.8 Å². The summed E-state index contributed by atoms with van der Waals surface area (Å²) in [6, 6.07) is 3.65. The van der Waals surface area contributed by atoms with Gasteiger partial charge in [0.25, 0.3) is 0 Å². The molecule has 0 saturated carbocycles. The first-order chi connectivity index (χ1) is 10.4. The average molecular weight is 374 g/mol. The summed E-state index contributed by atoms with van der Waals surface area (Å²) in [6.45, 7) is 2.36. The maximum atomic E-state index is 13.2. The highest BCUT2D eigenvalue weighted by Crippen LogP contribution is 2.21. The van der Waals surface area contributed by atoms with E-state index in [0.717, 1.165) is 5.56 Å². The van der Waals surface area contributed by atoms with Crippen LogP contribution in [0.1, 0.15) is 12.5 Å². The number of amides is 1. The number of nitrogens with zero attached hydrogens (tertiary/aromatic N) is 1. The van der Waals surface area contributed by atoms with Crippen LogP contribution in [0.15, 0.2) is 22.7 Å². The van der Waals surface area contributed by atoms with E-state index in [1.165, 1.54) is 11.0 Å². The Morgan fingerprint density at radius 3 is 2.91 bits per heavy atom. The first-order valence-electron chi connectivity index (χ1n) is 6.95. The van der Waals surface area contributed by atoms with E-state index in [9.17, 15) is 19.1 Å². The van der Waals surface area contributed by atoms with Crippen molar-refractivity contribution in [2.45, 2.75) is 19.4 Å². The van der Waals surface area contributed by atoms with Crippen molar-refractivity contribution in [1.82, 2.24) is 4.90 Å². The van der Waals surface area contributed by atoms with Crippen LogP contribution in [0.2, 0.25) is 0 Å². The molecule has 1 aliphatic rings. The van der Waals surface area contributed by atoms with Gasteiger partial charge < -0.3 is 14.7 Å². The molecule has 22 heavy (non-hydrogen) atoms. The Morgan fingerprint density at radius 2 is 2.27 bits per heavy atom. The normalized spacial score (nSPS) is 19.8. The number of benzene rings is 1. The van der Waals surface area contributed by atoms with Gasteiger partial charge in [0.2, 0.25) is 5.91 Å². The Bertz CT molecular complexity index is 581. The minimum Gasteiger partial charge on any atom is -0.480 e. The number of rotatable bonds is 4. The number of carboxylic acid groups (broad SMARTS) is 1. The lowest BCUT2D eigenvalue weighted by atomic mass is 9.98. The number of halogens is 2. The van der Waals surface area contributed by atoms with Crippen LogP contribution < -0.4 is 0 Å². The zero-order valence-corrected chi connectivity index (χ0v) is 13.7. The molecule has 0 radical (unpaired) electrons. The van der Waals surface area contributed by atoms with Gasteiger partial charge in [-0.1, -0.05) is 13.0 Å². The Morgan fingerprint density at radius 1 is 1.55 bits per heavy atom. The van der Waals surface area contributed by atoms with Gasteiger partial charge in [-0.2, -0.15) is 0 Å². The molecule has 1 aliphatic heterocycles. The van der Waals surface area contributed by atoms with Crippen molar-refractivity contribution in [2.24, 2.45) is 5.92 Å². The molecule has 1 heterocycles. The van der Waals surface area contributed by atoms with Crippen molar-refractivity contribution in [3.05, 3.63) is 34.1 Å². The molecule has 0 aromatic heterocycles. The molecule has 0 spiro atoms. The first-order valence-corrected chi connectivity index (χ1v) is 7.74. The van der Waals surface area contributed by atoms with Crippen molar-refractivity contribution < 1.29 is 23.8 Å². The summed E-state index contributed by atoms with van der Waals surface area (Å²) in [4.78, 5) is 25.1. The minimum absolute atomic E-state index is 0.00981. The van der Waals surface area contributed by atoms with Gasteiger partial charge in [0.1, 0.15) is 5.82 Å². The van der Waals surface area contributed by atoms with Gasteiger partial charge in [-0.05, 0) is 40.0 Å². The van der Waals surface area contributed by atoms with Gasteiger partial charge in [-0.3, -0.25) is 4.79 Å². The minimum atomic E-state index is -1.07. The van der Waals surface area contributed by atoms with E-state index >= 15 is 0 Å². The van der Waals surface area contributed by atoms with E-state index in [1.807, 2.05) is 0 Å². The fraction of sp³-hybridized carbons (Fsp3) is 0.467. The summed E-state index contributed by atoms with van der Waals surface area (Å²) in [7, 11) is 0. The summed E-state index contributed by atoms with van der Waals surface area (Å²) in [6.07, 6.45) is 0.418. The monoisotopic (exact) mass is 373 g/mol. The molecule has 1 aromatic carbocycles. The quantitative estimate of drug-likeness (QED) is 0.877. The van der Waals surface area contributed by atoms with E-state index < -0.39 is 17.9 Å². The van der Waals surface area contributed by atoms with Crippen LogP contribution in [0.5, 0.6) is 0 Å². The Balaban J connectivity index is 2.07. The molecule has 1 fully saturated rings. The zero-order valence-electron chi connectivity index (χ0n) is 12.1. The molecular weight excluding hydrogens is 357 g/mol. The van der Waals surface area contributed by atoms with Gasteiger partial charge in [0.05, 0.1) is 17.7 Å². The molecule has 7 heteroatoms. The van der Waals surface area contributed by atoms with E-state index in [1.54, 1.807) is 19.1 Å². The molecule has 1 aromatic rings. The average Bonchev–Trinajstić information content (AvgIpc) is 2.50. The van der Waals surface area contributed by atoms with Crippen LogP contribution in [0.3, 0.4) is 0 Å². The topological polar surface area (TPSA) is 66.8 Å². The second kappa shape index (κ2) is 7.19. The standard InChI is InChI=1S/C15H17BrFNO4/c1-9(6-10-2-3-12(17)11(16)7-10)14(19)18-4-5-22-8-13(18)15(20)21/h2-3,7,9,13H,4-6,8H2,1H3,(H,20,21). The summed E-state index contributed by atoms with van der Waals surface area (Å²) < 4.78 is 18.7. The second-order valence-corrected chi connectivity index (χ2v) is 6.17. The molecule has 1 saturated heterocycles. The summed E-state index contributed by atoms with van der Waals surface area (Å²) in [5, 5.41) is 9.17. The smallest absolute Gasteiger partial charge is 0.328 e. The second-order valence-electron chi connectivity index (χ2n) is 5.31. The third-order valence-corrected chi connectivity index (χ3v) is 4.25. The van der Waals surface area contributed by atoms with E-state index in [-0.39, 0.29) is 24.9 Å². The van der Waals surface area contributed by atoms with Crippen LogP contribution in [0, 0.1) is 11.7 Å². The highest BCUT2D eigenvalue weighted by atomic mass is 79.9. The number of carboxylic acids is 1. The van der Waals surface area contributed by atoms with Crippen LogP contribution in [-0.4, -0.2) is 47.7 Å². The van der Waals surface area contributed by atoms with Gasteiger partial charge in [0.15, 0.2) is 6.04 Å². The molecule has 1 N–H and O–H groups in total. The van der Waals surface area contributed by atoms with Crippen LogP contribution in [-0.2, 0) is 20.7 Å². The molecule has 5 nitrogen and oxygen atoms in total. The Hall–Kier alpha value is -1.47. The van der Waals surface area contributed by atoms with Crippen molar-refractivity contribution in [3.63, 3.8) is 0 Å². The third kappa shape index (κ3) is 3.84. The van der Waals surface area contributed by atoms with E-state index in [2.05, 4.69) is 15.9 Å². The lowest BCUT2D eigenvalue weighted by Gasteiger charge is -2.34. The van der Waals surface area contributed by atoms with Crippen molar-refractivity contribution in [1.29, 1.82) is 0 Å². The SMILES string of the molecule is CC(Cc1ccc(F)c(Br)c1)C(=O)N1CCOCC1C(=O)O. The van der Waals surface area contributed by atoms with Gasteiger partial charge >= 0.3 is 5.97 Å². The fourth-order valence-corrected chi connectivity index (χ4v) is 2.89. The number of hydrogen-bond donors (Lipinski definition) is 1. The molecule has 0 aliphatic carbocycles. The van der Waals surface area contributed by atoms with Crippen molar-refractivity contribution in [3.8, 4) is 0 Å². The Labute approximate surface area is 136 Å². The lowest BCUT2D eigenvalue weighted by Crippen LogP contribution is -2.54. The maximum absolute atomic E-state index is 13.2. The highest BCUT2D eigenvalue weighted by Gasteiger charge is 2.34. The number of morpholine rings is 1. The number of hydrogen-bond acceptors (Lipinski definition) is 3. The summed E-state index contributed by atoms with van der Waals surface area (Å²) in [5.74, 6) is -2.04. The zero-order chi connectivity index (χ0) is 16.3. The fourth-order valence-electron chi connectivity index (χ4n) is 2.46. The molecule has 1 amide bonds. The van der Waals surface area contributed by atoms with E-state index in [4.69, 9.17) is 4.74 Å². The predicted molar refractivity (Wildman–Crippen MR) is 80.9 cm³/mol. The maximum Gasteiger partial charge on any atom is 0.328 e. The highest BCUT2D eigenvalue weighted by molar-refractivity contribution is 9.10. The number of carbonyl (C=O) groups is 2. The number of aliphatic carboxylic acids is 1. The van der Waals surface area contributed by atoms with Crippen molar-refractivity contribution in [2.75, 3.05) is 19.8 Å². The lowest BCUT2D eigenvalue weighted by molar-refractivity contribution is -0.160. The summed E-state index contributed by atoms with van der Waals surface area (Å²) in [5.41, 5.74) is 0.814. The van der Waals surface area contributed by atoms with Crippen LogP contribution in [0.25, 0.3) is 0 Å². The third-order valence-electron chi connectivity index (χ3n) is 3.64. The Kier molecular flexibility index (Phi) is 5.52. The number of ether oxygens (including phenoxy) is 1. The van der Waals surface area contributed by atoms with E-state index in [0.29, 0.717) is 17.5 Å². The molecule has 120 valence electrons. The largest absolute Gasteiger partial charge is 0.480 e. The molecule has 0 bridgehead atoms. The molecule has 2 unspecified atom stereocenters. The van der Waals surface area contributed by atoms with Gasteiger partial charge in [-0.15, -0.1) is 0 Å². The predicted octanol–water partition coefficient (Wildman–Crippen LogP) is 2.08. The van der Waals surface area contributed by atoms with Crippen LogP contribution in [0.4, 0.5) is 4.39 Å². The molecule has 2 atom stereocenters. The molecular formula is C15H17BrFNO4. The van der Waals surface area contributed by atoms with Gasteiger partial charge in [0, 0.05) is 12.5 Å². The first kappa shape index (κ1) is 16.9.